The zero-order valence-corrected chi connectivity index (χ0v) is 9.94. The van der Waals surface area contributed by atoms with Crippen LogP contribution in [0.2, 0.25) is 0 Å². The second-order valence-corrected chi connectivity index (χ2v) is 4.30. The highest BCUT2D eigenvalue weighted by atomic mass is 16.1. The predicted molar refractivity (Wildman–Crippen MR) is 61.2 cm³/mol. The molecule has 0 saturated heterocycles. The van der Waals surface area contributed by atoms with Crippen LogP contribution < -0.4 is 5.32 Å². The van der Waals surface area contributed by atoms with E-state index in [2.05, 4.69) is 19.2 Å². The first-order valence-corrected chi connectivity index (χ1v) is 5.93. The van der Waals surface area contributed by atoms with Crippen molar-refractivity contribution in [3.05, 3.63) is 0 Å². The monoisotopic (exact) mass is 199 g/mol. The smallest absolute Gasteiger partial charge is 0.219 e. The number of carbonyl (C=O) groups is 1. The normalized spacial score (nSPS) is 10.6. The van der Waals surface area contributed by atoms with Gasteiger partial charge in [0, 0.05) is 13.0 Å². The number of unbranched alkanes of at least 4 members (excludes halogenated alkanes) is 3. The lowest BCUT2D eigenvalue weighted by molar-refractivity contribution is -0.120. The largest absolute Gasteiger partial charge is 0.356 e. The van der Waals surface area contributed by atoms with Crippen LogP contribution in [0.3, 0.4) is 0 Å². The van der Waals surface area contributed by atoms with E-state index in [1.807, 2.05) is 6.92 Å². The lowest BCUT2D eigenvalue weighted by atomic mass is 10.0. The van der Waals surface area contributed by atoms with E-state index in [1.165, 1.54) is 25.7 Å². The molecule has 1 N–H and O–H groups in total. The molecule has 0 bridgehead atoms. The maximum Gasteiger partial charge on any atom is 0.219 e. The van der Waals surface area contributed by atoms with Crippen molar-refractivity contribution in [2.45, 2.75) is 59.3 Å². The van der Waals surface area contributed by atoms with Crippen molar-refractivity contribution in [3.63, 3.8) is 0 Å². The quantitative estimate of drug-likeness (QED) is 0.598. The van der Waals surface area contributed by atoms with Crippen molar-refractivity contribution in [3.8, 4) is 0 Å². The molecule has 0 aliphatic heterocycles. The van der Waals surface area contributed by atoms with Crippen LogP contribution in [-0.4, -0.2) is 12.5 Å². The maximum atomic E-state index is 10.9. The molecular weight excluding hydrogens is 174 g/mol. The van der Waals surface area contributed by atoms with E-state index in [4.69, 9.17) is 0 Å². The van der Waals surface area contributed by atoms with E-state index in [9.17, 15) is 4.79 Å². The van der Waals surface area contributed by atoms with Gasteiger partial charge in [0.2, 0.25) is 5.91 Å². The van der Waals surface area contributed by atoms with E-state index in [0.717, 1.165) is 18.9 Å². The van der Waals surface area contributed by atoms with Gasteiger partial charge in [-0.15, -0.1) is 0 Å². The molecule has 84 valence electrons. The van der Waals surface area contributed by atoms with Gasteiger partial charge in [-0.2, -0.15) is 0 Å². The molecule has 1 amide bonds. The molecule has 0 fully saturated rings. The van der Waals surface area contributed by atoms with Crippen LogP contribution in [0.4, 0.5) is 0 Å². The van der Waals surface area contributed by atoms with E-state index in [0.29, 0.717) is 6.42 Å². The van der Waals surface area contributed by atoms with Crippen LogP contribution in [0.15, 0.2) is 0 Å². The number of hydrogen-bond donors (Lipinski definition) is 1. The summed E-state index contributed by atoms with van der Waals surface area (Å²) in [6.07, 6.45) is 6.95. The molecule has 0 aromatic carbocycles. The average molecular weight is 199 g/mol. The summed E-state index contributed by atoms with van der Waals surface area (Å²) in [6.45, 7) is 7.27. The summed E-state index contributed by atoms with van der Waals surface area (Å²) in [6, 6.07) is 0. The molecule has 0 radical (unpaired) electrons. The molecule has 0 aliphatic carbocycles. The minimum atomic E-state index is 0.173. The fraction of sp³-hybridized carbons (Fsp3) is 0.917. The summed E-state index contributed by atoms with van der Waals surface area (Å²) >= 11 is 0. The van der Waals surface area contributed by atoms with Crippen LogP contribution in [0.1, 0.15) is 59.3 Å². The Morgan fingerprint density at radius 2 is 1.79 bits per heavy atom. The van der Waals surface area contributed by atoms with Gasteiger partial charge in [-0.25, -0.2) is 0 Å². The Kier molecular flexibility index (Phi) is 8.70. The van der Waals surface area contributed by atoms with Crippen molar-refractivity contribution in [1.29, 1.82) is 0 Å². The highest BCUT2D eigenvalue weighted by Crippen LogP contribution is 2.08. The van der Waals surface area contributed by atoms with Crippen LogP contribution in [0.25, 0.3) is 0 Å². The van der Waals surface area contributed by atoms with Gasteiger partial charge in [0.25, 0.3) is 0 Å². The second kappa shape index (κ2) is 9.04. The van der Waals surface area contributed by atoms with Crippen LogP contribution in [0, 0.1) is 5.92 Å². The van der Waals surface area contributed by atoms with Gasteiger partial charge in [0.15, 0.2) is 0 Å². The first-order valence-electron chi connectivity index (χ1n) is 5.93. The van der Waals surface area contributed by atoms with Gasteiger partial charge in [0.1, 0.15) is 0 Å². The number of nitrogens with one attached hydrogen (secondary N) is 1. The molecule has 0 heterocycles. The third kappa shape index (κ3) is 9.56. The SMILES string of the molecule is CCC(=O)NCCCCCCC(C)C. The molecule has 0 rings (SSSR count). The molecule has 2 heteroatoms. The highest BCUT2D eigenvalue weighted by Gasteiger charge is 1.96. The lowest BCUT2D eigenvalue weighted by Gasteiger charge is -2.05. The van der Waals surface area contributed by atoms with Crippen molar-refractivity contribution in [2.75, 3.05) is 6.54 Å². The average Bonchev–Trinajstić information content (AvgIpc) is 2.15. The standard InChI is InChI=1S/C12H25NO/c1-4-12(14)13-10-8-6-5-7-9-11(2)3/h11H,4-10H2,1-3H3,(H,13,14). The van der Waals surface area contributed by atoms with E-state index >= 15 is 0 Å². The third-order valence-electron chi connectivity index (χ3n) is 2.35. The molecule has 0 unspecified atom stereocenters. The van der Waals surface area contributed by atoms with Crippen molar-refractivity contribution < 1.29 is 4.79 Å². The van der Waals surface area contributed by atoms with Gasteiger partial charge in [-0.1, -0.05) is 46.5 Å². The zero-order chi connectivity index (χ0) is 10.8. The topological polar surface area (TPSA) is 29.1 Å². The van der Waals surface area contributed by atoms with Crippen molar-refractivity contribution in [2.24, 2.45) is 5.92 Å². The Balaban J connectivity index is 3.03. The number of carbonyl (C=O) groups excluding carboxylic acids is 1. The minimum Gasteiger partial charge on any atom is -0.356 e. The maximum absolute atomic E-state index is 10.9. The fourth-order valence-corrected chi connectivity index (χ4v) is 1.38. The van der Waals surface area contributed by atoms with Gasteiger partial charge in [0.05, 0.1) is 0 Å². The summed E-state index contributed by atoms with van der Waals surface area (Å²) in [5, 5.41) is 2.89. The number of hydrogen-bond acceptors (Lipinski definition) is 1. The first kappa shape index (κ1) is 13.5. The third-order valence-corrected chi connectivity index (χ3v) is 2.35. The Morgan fingerprint density at radius 3 is 2.36 bits per heavy atom. The van der Waals surface area contributed by atoms with Crippen LogP contribution >= 0.6 is 0 Å². The molecule has 0 spiro atoms. The van der Waals surface area contributed by atoms with Crippen molar-refractivity contribution in [1.82, 2.24) is 5.32 Å². The second-order valence-electron chi connectivity index (χ2n) is 4.30. The molecule has 0 aromatic rings. The van der Waals surface area contributed by atoms with Gasteiger partial charge >= 0.3 is 0 Å². The van der Waals surface area contributed by atoms with Gasteiger partial charge < -0.3 is 5.32 Å². The lowest BCUT2D eigenvalue weighted by Crippen LogP contribution is -2.23. The molecule has 0 aliphatic rings. The van der Waals surface area contributed by atoms with Crippen LogP contribution in [0.5, 0.6) is 0 Å². The number of rotatable bonds is 8. The Labute approximate surface area is 88.5 Å². The fourth-order valence-electron chi connectivity index (χ4n) is 1.38. The van der Waals surface area contributed by atoms with Gasteiger partial charge in [-0.3, -0.25) is 4.79 Å². The summed E-state index contributed by atoms with van der Waals surface area (Å²) in [5.74, 6) is 1.00. The van der Waals surface area contributed by atoms with E-state index in [-0.39, 0.29) is 5.91 Å². The number of amides is 1. The Morgan fingerprint density at radius 1 is 1.14 bits per heavy atom. The molecule has 0 aromatic heterocycles. The van der Waals surface area contributed by atoms with E-state index in [1.54, 1.807) is 0 Å². The summed E-state index contributed by atoms with van der Waals surface area (Å²) in [5.41, 5.74) is 0. The summed E-state index contributed by atoms with van der Waals surface area (Å²) < 4.78 is 0. The molecule has 0 saturated carbocycles. The Bertz CT molecular complexity index is 143. The van der Waals surface area contributed by atoms with E-state index < -0.39 is 0 Å². The highest BCUT2D eigenvalue weighted by molar-refractivity contribution is 5.75. The summed E-state index contributed by atoms with van der Waals surface area (Å²) in [7, 11) is 0. The Hall–Kier alpha value is -0.530. The first-order chi connectivity index (χ1) is 6.66. The molecular formula is C12H25NO. The molecule has 0 atom stereocenters. The molecule has 2 nitrogen and oxygen atoms in total. The van der Waals surface area contributed by atoms with Crippen LogP contribution in [-0.2, 0) is 4.79 Å². The van der Waals surface area contributed by atoms with Crippen molar-refractivity contribution >= 4 is 5.91 Å². The molecule has 14 heavy (non-hydrogen) atoms. The predicted octanol–water partition coefficient (Wildman–Crippen LogP) is 3.12. The zero-order valence-electron chi connectivity index (χ0n) is 9.94. The summed E-state index contributed by atoms with van der Waals surface area (Å²) in [4.78, 5) is 10.9. The minimum absolute atomic E-state index is 0.173. The van der Waals surface area contributed by atoms with Gasteiger partial charge in [-0.05, 0) is 12.3 Å².